The molecular weight excluding hydrogens is 372 g/mol. The van der Waals surface area contributed by atoms with Crippen molar-refractivity contribution < 1.29 is 24.3 Å². The topological polar surface area (TPSA) is 89.7 Å². The molecule has 1 fully saturated rings. The Labute approximate surface area is 169 Å². The number of nitrogens with zero attached hydrogens (tertiary/aromatic N) is 2. The zero-order valence-corrected chi connectivity index (χ0v) is 16.7. The number of carboxylic acid groups (broad SMARTS) is 1. The second kappa shape index (κ2) is 9.23. The van der Waals surface area contributed by atoms with Gasteiger partial charge in [0.2, 0.25) is 0 Å². The van der Waals surface area contributed by atoms with E-state index in [1.807, 2.05) is 25.1 Å². The summed E-state index contributed by atoms with van der Waals surface area (Å²) in [6.45, 7) is 2.10. The largest absolute Gasteiger partial charge is 0.497 e. The first-order chi connectivity index (χ1) is 14.0. The molecule has 2 atom stereocenters. The van der Waals surface area contributed by atoms with Gasteiger partial charge in [-0.15, -0.1) is 0 Å². The fourth-order valence-electron chi connectivity index (χ4n) is 3.32. The molecule has 2 unspecified atom stereocenters. The maximum atomic E-state index is 11.4. The number of aliphatic carboxylic acids is 1. The third-order valence-electron chi connectivity index (χ3n) is 4.96. The molecule has 1 aliphatic carbocycles. The third kappa shape index (κ3) is 4.93. The minimum absolute atomic E-state index is 0.142. The molecular formula is C22H24N2O5. The number of oxime groups is 2. The molecule has 152 valence electrons. The first kappa shape index (κ1) is 20.4. The molecule has 0 aromatic heterocycles. The van der Waals surface area contributed by atoms with Gasteiger partial charge in [-0.25, -0.2) is 4.79 Å². The van der Waals surface area contributed by atoms with Crippen LogP contribution in [0.15, 0.2) is 58.8 Å². The highest BCUT2D eigenvalue weighted by Gasteiger charge is 2.40. The van der Waals surface area contributed by atoms with Crippen LogP contribution in [-0.4, -0.2) is 36.7 Å². The van der Waals surface area contributed by atoms with Crippen molar-refractivity contribution in [2.75, 3.05) is 14.2 Å². The van der Waals surface area contributed by atoms with Crippen molar-refractivity contribution >= 4 is 17.4 Å². The van der Waals surface area contributed by atoms with Crippen molar-refractivity contribution in [3.05, 3.63) is 65.2 Å². The lowest BCUT2D eigenvalue weighted by Gasteiger charge is -2.08. The molecule has 0 bridgehead atoms. The summed E-state index contributed by atoms with van der Waals surface area (Å²) in [6, 6.07) is 15.1. The van der Waals surface area contributed by atoms with E-state index in [9.17, 15) is 9.90 Å². The smallest absolute Gasteiger partial charge is 0.358 e. The van der Waals surface area contributed by atoms with Crippen LogP contribution in [0.2, 0.25) is 0 Å². The van der Waals surface area contributed by atoms with Crippen LogP contribution in [0, 0.1) is 5.92 Å². The van der Waals surface area contributed by atoms with Crippen LogP contribution in [-0.2, 0) is 21.1 Å². The van der Waals surface area contributed by atoms with Crippen molar-refractivity contribution in [2.45, 2.75) is 25.9 Å². The summed E-state index contributed by atoms with van der Waals surface area (Å²) in [6.07, 6.45) is 1.03. The van der Waals surface area contributed by atoms with Gasteiger partial charge < -0.3 is 19.5 Å². The lowest BCUT2D eigenvalue weighted by molar-refractivity contribution is -0.129. The summed E-state index contributed by atoms with van der Waals surface area (Å²) in [5.41, 5.74) is 3.13. The van der Waals surface area contributed by atoms with Gasteiger partial charge in [-0.2, -0.15) is 0 Å². The van der Waals surface area contributed by atoms with Crippen LogP contribution in [0.25, 0.3) is 0 Å². The number of carboxylic acids is 1. The van der Waals surface area contributed by atoms with Crippen molar-refractivity contribution in [2.24, 2.45) is 16.2 Å². The fourth-order valence-corrected chi connectivity index (χ4v) is 3.32. The Hall–Kier alpha value is -3.35. The van der Waals surface area contributed by atoms with Crippen molar-refractivity contribution in [3.63, 3.8) is 0 Å². The monoisotopic (exact) mass is 396 g/mol. The standard InChI is InChI=1S/C22H24N2O5/c1-14(19-12-20(19)15-8-10-17(27-2)11-9-15)23-29-13-16-6-4-5-7-18(16)21(22(25)26)24-28-3/h4-11,19-20H,12-13H2,1-3H3,(H,25,26). The van der Waals surface area contributed by atoms with E-state index >= 15 is 0 Å². The predicted octanol–water partition coefficient (Wildman–Crippen LogP) is 3.83. The molecule has 7 heteroatoms. The summed E-state index contributed by atoms with van der Waals surface area (Å²) >= 11 is 0. The summed E-state index contributed by atoms with van der Waals surface area (Å²) in [4.78, 5) is 21.6. The third-order valence-corrected chi connectivity index (χ3v) is 4.96. The van der Waals surface area contributed by atoms with E-state index in [4.69, 9.17) is 9.57 Å². The lowest BCUT2D eigenvalue weighted by Crippen LogP contribution is -2.17. The molecule has 2 aromatic carbocycles. The van der Waals surface area contributed by atoms with Gasteiger partial charge >= 0.3 is 5.97 Å². The van der Waals surface area contributed by atoms with Crippen LogP contribution in [0.4, 0.5) is 0 Å². The van der Waals surface area contributed by atoms with Crippen LogP contribution in [0.5, 0.6) is 5.75 Å². The minimum Gasteiger partial charge on any atom is -0.497 e. The zero-order chi connectivity index (χ0) is 20.8. The molecule has 0 radical (unpaired) electrons. The van der Waals surface area contributed by atoms with Gasteiger partial charge in [0.25, 0.3) is 0 Å². The van der Waals surface area contributed by atoms with Gasteiger partial charge in [0.1, 0.15) is 19.5 Å². The van der Waals surface area contributed by atoms with E-state index in [0.29, 0.717) is 23.0 Å². The lowest BCUT2D eigenvalue weighted by atomic mass is 10.0. The number of methoxy groups -OCH3 is 1. The first-order valence-corrected chi connectivity index (χ1v) is 9.28. The Bertz CT molecular complexity index is 921. The van der Waals surface area contributed by atoms with E-state index in [1.165, 1.54) is 12.7 Å². The van der Waals surface area contributed by atoms with Gasteiger partial charge in [-0.1, -0.05) is 46.7 Å². The van der Waals surface area contributed by atoms with E-state index in [2.05, 4.69) is 27.3 Å². The molecule has 0 aliphatic heterocycles. The average Bonchev–Trinajstić information content (AvgIpc) is 3.53. The van der Waals surface area contributed by atoms with E-state index in [0.717, 1.165) is 17.9 Å². The summed E-state index contributed by atoms with van der Waals surface area (Å²) < 4.78 is 5.20. The first-order valence-electron chi connectivity index (χ1n) is 9.28. The van der Waals surface area contributed by atoms with Gasteiger partial charge in [-0.3, -0.25) is 0 Å². The van der Waals surface area contributed by atoms with Crippen molar-refractivity contribution in [1.29, 1.82) is 0 Å². The SMILES string of the molecule is CON=C(C(=O)O)c1ccccc1CON=C(C)C1CC1c1ccc(OC)cc1. The second-order valence-corrected chi connectivity index (χ2v) is 6.81. The molecule has 29 heavy (non-hydrogen) atoms. The number of hydrogen-bond donors (Lipinski definition) is 1. The summed E-state index contributed by atoms with van der Waals surface area (Å²) in [5.74, 6) is 0.464. The van der Waals surface area contributed by atoms with Gasteiger partial charge in [0, 0.05) is 17.0 Å². The molecule has 0 heterocycles. The highest BCUT2D eigenvalue weighted by molar-refractivity contribution is 6.42. The van der Waals surface area contributed by atoms with Gasteiger partial charge in [-0.05, 0) is 37.0 Å². The van der Waals surface area contributed by atoms with Crippen LogP contribution >= 0.6 is 0 Å². The molecule has 7 nitrogen and oxygen atoms in total. The molecule has 0 spiro atoms. The van der Waals surface area contributed by atoms with Crippen molar-refractivity contribution in [3.8, 4) is 5.75 Å². The number of carbonyl (C=O) groups is 1. The second-order valence-electron chi connectivity index (χ2n) is 6.81. The van der Waals surface area contributed by atoms with E-state index < -0.39 is 5.97 Å². The summed E-state index contributed by atoms with van der Waals surface area (Å²) in [5, 5.41) is 17.2. The average molecular weight is 396 g/mol. The van der Waals surface area contributed by atoms with Crippen molar-refractivity contribution in [1.82, 2.24) is 0 Å². The molecule has 1 N–H and O–H groups in total. The molecule has 0 amide bonds. The number of rotatable bonds is 9. The molecule has 1 aliphatic rings. The number of hydrogen-bond acceptors (Lipinski definition) is 6. The van der Waals surface area contributed by atoms with Crippen LogP contribution < -0.4 is 4.74 Å². The maximum Gasteiger partial charge on any atom is 0.358 e. The number of ether oxygens (including phenoxy) is 1. The Morgan fingerprint density at radius 3 is 2.48 bits per heavy atom. The number of benzene rings is 2. The molecule has 0 saturated heterocycles. The Morgan fingerprint density at radius 1 is 1.10 bits per heavy atom. The Morgan fingerprint density at radius 2 is 1.83 bits per heavy atom. The summed E-state index contributed by atoms with van der Waals surface area (Å²) in [7, 11) is 2.96. The fraction of sp³-hybridized carbons (Fsp3) is 0.318. The normalized spacial score (nSPS) is 18.9. The van der Waals surface area contributed by atoms with E-state index in [1.54, 1.807) is 25.3 Å². The highest BCUT2D eigenvalue weighted by Crippen LogP contribution is 2.48. The van der Waals surface area contributed by atoms with Crippen LogP contribution in [0.3, 0.4) is 0 Å². The van der Waals surface area contributed by atoms with Gasteiger partial charge in [0.15, 0.2) is 5.71 Å². The van der Waals surface area contributed by atoms with Gasteiger partial charge in [0.05, 0.1) is 12.8 Å². The van der Waals surface area contributed by atoms with Crippen LogP contribution in [0.1, 0.15) is 36.0 Å². The zero-order valence-electron chi connectivity index (χ0n) is 16.7. The molecule has 1 saturated carbocycles. The maximum absolute atomic E-state index is 11.4. The molecule has 3 rings (SSSR count). The quantitative estimate of drug-likeness (QED) is 0.514. The molecule has 2 aromatic rings. The Balaban J connectivity index is 1.63. The Kier molecular flexibility index (Phi) is 6.49. The minimum atomic E-state index is -1.17. The van der Waals surface area contributed by atoms with E-state index in [-0.39, 0.29) is 12.3 Å². The highest BCUT2D eigenvalue weighted by atomic mass is 16.6. The predicted molar refractivity (Wildman–Crippen MR) is 109 cm³/mol.